The summed E-state index contributed by atoms with van der Waals surface area (Å²) in [7, 11) is 0. The highest BCUT2D eigenvalue weighted by atomic mass is 16.5. The molecule has 0 unspecified atom stereocenters. The van der Waals surface area contributed by atoms with Gasteiger partial charge in [0, 0.05) is 29.4 Å². The molecule has 30 heavy (non-hydrogen) atoms. The Kier molecular flexibility index (Phi) is 5.14. The van der Waals surface area contributed by atoms with Crippen LogP contribution < -0.4 is 16.2 Å². The molecule has 0 radical (unpaired) electrons. The van der Waals surface area contributed by atoms with Crippen molar-refractivity contribution >= 4 is 22.7 Å². The van der Waals surface area contributed by atoms with Crippen LogP contribution in [0, 0.1) is 11.8 Å². The van der Waals surface area contributed by atoms with E-state index in [2.05, 4.69) is 45.6 Å². The van der Waals surface area contributed by atoms with E-state index in [-0.39, 0.29) is 17.7 Å². The van der Waals surface area contributed by atoms with E-state index < -0.39 is 0 Å². The van der Waals surface area contributed by atoms with E-state index >= 15 is 0 Å². The van der Waals surface area contributed by atoms with E-state index in [1.807, 2.05) is 30.3 Å². The summed E-state index contributed by atoms with van der Waals surface area (Å²) >= 11 is 0. The van der Waals surface area contributed by atoms with Gasteiger partial charge < -0.3 is 16.2 Å². The summed E-state index contributed by atoms with van der Waals surface area (Å²) in [5.41, 5.74) is 14.7. The molecular formula is C23H20N6O. The Hall–Kier alpha value is -4.18. The number of nitrogens with two attached hydrogens (primary N) is 2. The average Bonchev–Trinajstić information content (AvgIpc) is 2.74. The molecule has 7 nitrogen and oxygen atoms in total. The third kappa shape index (κ3) is 3.98. The van der Waals surface area contributed by atoms with Gasteiger partial charge in [0.15, 0.2) is 11.6 Å². The van der Waals surface area contributed by atoms with Gasteiger partial charge in [0.1, 0.15) is 11.4 Å². The topological polar surface area (TPSA) is 113 Å². The molecule has 0 spiro atoms. The van der Waals surface area contributed by atoms with E-state index in [4.69, 9.17) is 16.2 Å². The van der Waals surface area contributed by atoms with Crippen molar-refractivity contribution in [2.24, 2.45) is 0 Å². The van der Waals surface area contributed by atoms with E-state index in [1.165, 1.54) is 6.20 Å². The van der Waals surface area contributed by atoms with Crippen LogP contribution in [0.3, 0.4) is 0 Å². The number of benzene rings is 1. The molecule has 3 aromatic heterocycles. The van der Waals surface area contributed by atoms with E-state index in [0.717, 1.165) is 22.0 Å². The van der Waals surface area contributed by atoms with Crippen LogP contribution in [0.25, 0.3) is 10.9 Å². The molecular weight excluding hydrogens is 376 g/mol. The third-order valence-corrected chi connectivity index (χ3v) is 4.50. The van der Waals surface area contributed by atoms with Gasteiger partial charge in [0.25, 0.3) is 0 Å². The SMILES string of the molecule is CC(C)c1cnc(C#Cc2cccc3cccnc23)cc1Oc1cnc(N)nc1N. The van der Waals surface area contributed by atoms with Gasteiger partial charge in [0.2, 0.25) is 5.95 Å². The molecule has 0 aliphatic carbocycles. The lowest BCUT2D eigenvalue weighted by atomic mass is 10.0. The molecule has 0 amide bonds. The molecule has 0 fully saturated rings. The lowest BCUT2D eigenvalue weighted by Crippen LogP contribution is -2.03. The lowest BCUT2D eigenvalue weighted by Gasteiger charge is -2.14. The Bertz CT molecular complexity index is 1280. The number of aromatic nitrogens is 4. The van der Waals surface area contributed by atoms with Gasteiger partial charge in [-0.15, -0.1) is 0 Å². The maximum atomic E-state index is 5.99. The predicted molar refractivity (Wildman–Crippen MR) is 117 cm³/mol. The molecule has 148 valence electrons. The van der Waals surface area contributed by atoms with Gasteiger partial charge in [-0.1, -0.05) is 38.0 Å². The Morgan fingerprint density at radius 1 is 0.933 bits per heavy atom. The second-order valence-corrected chi connectivity index (χ2v) is 6.97. The zero-order chi connectivity index (χ0) is 21.1. The minimum atomic E-state index is 0.0916. The van der Waals surface area contributed by atoms with E-state index in [9.17, 15) is 0 Å². The molecule has 0 saturated carbocycles. The molecule has 0 aliphatic heterocycles. The van der Waals surface area contributed by atoms with Crippen molar-refractivity contribution in [3.63, 3.8) is 0 Å². The van der Waals surface area contributed by atoms with Crippen LogP contribution in [-0.4, -0.2) is 19.9 Å². The first-order valence-electron chi connectivity index (χ1n) is 9.43. The molecule has 4 aromatic rings. The van der Waals surface area contributed by atoms with Gasteiger partial charge in [-0.25, -0.2) is 9.97 Å². The monoisotopic (exact) mass is 396 g/mol. The van der Waals surface area contributed by atoms with Crippen LogP contribution in [0.1, 0.15) is 36.6 Å². The number of nitrogen functional groups attached to an aromatic ring is 2. The van der Waals surface area contributed by atoms with Gasteiger partial charge in [0.05, 0.1) is 17.3 Å². The quantitative estimate of drug-likeness (QED) is 0.505. The molecule has 4 N–H and O–H groups in total. The lowest BCUT2D eigenvalue weighted by molar-refractivity contribution is 0.470. The standard InChI is InChI=1S/C23H20N6O/c1-14(2)18-12-27-17(11-19(18)30-20-13-28-23(25)29-22(20)24)9-8-16-6-3-5-15-7-4-10-26-21(15)16/h3-7,10-14H,1-2H3,(H4,24,25,28,29). The summed E-state index contributed by atoms with van der Waals surface area (Å²) < 4.78 is 5.99. The maximum Gasteiger partial charge on any atom is 0.222 e. The largest absolute Gasteiger partial charge is 0.451 e. The van der Waals surface area contributed by atoms with Crippen molar-refractivity contribution in [2.45, 2.75) is 19.8 Å². The number of ether oxygens (including phenoxy) is 1. The fourth-order valence-corrected chi connectivity index (χ4v) is 2.97. The highest BCUT2D eigenvalue weighted by molar-refractivity contribution is 5.84. The van der Waals surface area contributed by atoms with Gasteiger partial charge in [-0.05, 0) is 24.0 Å². The van der Waals surface area contributed by atoms with Crippen LogP contribution in [0.4, 0.5) is 11.8 Å². The normalized spacial score (nSPS) is 10.6. The zero-order valence-electron chi connectivity index (χ0n) is 16.6. The van der Waals surface area contributed by atoms with Crippen molar-refractivity contribution in [1.82, 2.24) is 19.9 Å². The molecule has 4 rings (SSSR count). The third-order valence-electron chi connectivity index (χ3n) is 4.50. The molecule has 0 aliphatic rings. The van der Waals surface area contributed by atoms with Crippen LogP contribution in [-0.2, 0) is 0 Å². The molecule has 7 heteroatoms. The zero-order valence-corrected chi connectivity index (χ0v) is 16.6. The van der Waals surface area contributed by atoms with Gasteiger partial charge in [-0.3, -0.25) is 4.98 Å². The Balaban J connectivity index is 1.72. The smallest absolute Gasteiger partial charge is 0.222 e. The number of rotatable bonds is 3. The minimum Gasteiger partial charge on any atom is -0.451 e. The maximum absolute atomic E-state index is 5.99. The van der Waals surface area contributed by atoms with Crippen molar-refractivity contribution in [3.05, 3.63) is 71.8 Å². The highest BCUT2D eigenvalue weighted by Gasteiger charge is 2.13. The number of anilines is 2. The summed E-state index contributed by atoms with van der Waals surface area (Å²) in [6.45, 7) is 4.11. The second-order valence-electron chi connectivity index (χ2n) is 6.97. The van der Waals surface area contributed by atoms with Crippen LogP contribution in [0.2, 0.25) is 0 Å². The van der Waals surface area contributed by atoms with Crippen molar-refractivity contribution < 1.29 is 4.74 Å². The van der Waals surface area contributed by atoms with E-state index in [1.54, 1.807) is 18.5 Å². The van der Waals surface area contributed by atoms with Gasteiger partial charge in [-0.2, -0.15) is 4.98 Å². The Morgan fingerprint density at radius 2 is 1.77 bits per heavy atom. The summed E-state index contributed by atoms with van der Waals surface area (Å²) in [4.78, 5) is 16.8. The summed E-state index contributed by atoms with van der Waals surface area (Å²) in [5.74, 6) is 7.65. The number of para-hydroxylation sites is 1. The molecule has 3 heterocycles. The van der Waals surface area contributed by atoms with Gasteiger partial charge >= 0.3 is 0 Å². The number of pyridine rings is 2. The van der Waals surface area contributed by atoms with Crippen LogP contribution in [0.5, 0.6) is 11.5 Å². The number of hydrogen-bond donors (Lipinski definition) is 2. The van der Waals surface area contributed by atoms with Crippen LogP contribution in [0.15, 0.2) is 55.0 Å². The Labute approximate surface area is 174 Å². The highest BCUT2D eigenvalue weighted by Crippen LogP contribution is 2.32. The molecule has 0 atom stereocenters. The fourth-order valence-electron chi connectivity index (χ4n) is 2.97. The minimum absolute atomic E-state index is 0.0916. The van der Waals surface area contributed by atoms with E-state index in [0.29, 0.717) is 17.2 Å². The second kappa shape index (κ2) is 8.05. The van der Waals surface area contributed by atoms with Crippen LogP contribution >= 0.6 is 0 Å². The number of fused-ring (bicyclic) bond motifs is 1. The summed E-state index contributed by atoms with van der Waals surface area (Å²) in [5, 5.41) is 1.04. The summed E-state index contributed by atoms with van der Waals surface area (Å²) in [6.07, 6.45) is 4.98. The first-order chi connectivity index (χ1) is 14.5. The predicted octanol–water partition coefficient (Wildman–Crippen LogP) is 3.90. The Morgan fingerprint density at radius 3 is 2.57 bits per heavy atom. The van der Waals surface area contributed by atoms with Crippen molar-refractivity contribution in [1.29, 1.82) is 0 Å². The average molecular weight is 396 g/mol. The molecule has 0 bridgehead atoms. The number of nitrogens with zero attached hydrogens (tertiary/aromatic N) is 4. The van der Waals surface area contributed by atoms with Crippen molar-refractivity contribution in [2.75, 3.05) is 11.5 Å². The summed E-state index contributed by atoms with van der Waals surface area (Å²) in [6, 6.07) is 11.6. The fraction of sp³-hybridized carbons (Fsp3) is 0.130. The van der Waals surface area contributed by atoms with Crippen molar-refractivity contribution in [3.8, 4) is 23.3 Å². The first kappa shape index (κ1) is 19.2. The molecule has 0 saturated heterocycles. The molecule has 1 aromatic carbocycles. The number of hydrogen-bond acceptors (Lipinski definition) is 7. The first-order valence-corrected chi connectivity index (χ1v) is 9.43.